The average Bonchev–Trinajstić information content (AvgIpc) is 2.90. The summed E-state index contributed by atoms with van der Waals surface area (Å²) in [5.41, 5.74) is 1.63. The van der Waals surface area contributed by atoms with E-state index in [0.29, 0.717) is 35.1 Å². The highest BCUT2D eigenvalue weighted by Crippen LogP contribution is 2.21. The Bertz CT molecular complexity index is 988. The van der Waals surface area contributed by atoms with Gasteiger partial charge in [-0.25, -0.2) is 9.78 Å². The van der Waals surface area contributed by atoms with Crippen molar-refractivity contribution < 1.29 is 28.9 Å². The minimum atomic E-state index is -0.908. The van der Waals surface area contributed by atoms with Crippen LogP contribution in [0.1, 0.15) is 99.3 Å². The number of rotatable bonds is 19. The standard InChI is InChI=1S/C30H41NO6/c1-3-4-5-6-7-8-9-10-11-12-21-36-28-20-19-25(31-27(28)17-14-18-29(32)33)23-37-26-16-13-15-24(22-26)30(34)35-2/h13-17,19-20,22H,3-12,18,21,23H2,1-2H3,(H,32,33)/b17-14+. The number of hydrogen-bond donors (Lipinski definition) is 1. The van der Waals surface area contributed by atoms with Crippen LogP contribution in [0.3, 0.4) is 0 Å². The molecule has 1 N–H and O–H groups in total. The summed E-state index contributed by atoms with van der Waals surface area (Å²) in [6.45, 7) is 3.02. The Balaban J connectivity index is 1.87. The maximum atomic E-state index is 11.7. The van der Waals surface area contributed by atoms with Crippen LogP contribution < -0.4 is 9.47 Å². The zero-order valence-corrected chi connectivity index (χ0v) is 22.2. The summed E-state index contributed by atoms with van der Waals surface area (Å²) in [4.78, 5) is 27.3. The topological polar surface area (TPSA) is 95.0 Å². The summed E-state index contributed by atoms with van der Waals surface area (Å²) in [5.74, 6) is -0.199. The van der Waals surface area contributed by atoms with E-state index in [2.05, 4.69) is 11.9 Å². The lowest BCUT2D eigenvalue weighted by Gasteiger charge is -2.12. The monoisotopic (exact) mass is 511 g/mol. The van der Waals surface area contributed by atoms with Crippen molar-refractivity contribution in [3.63, 3.8) is 0 Å². The Morgan fingerprint density at radius 3 is 2.30 bits per heavy atom. The maximum absolute atomic E-state index is 11.7. The Hall–Kier alpha value is -3.35. The molecule has 0 saturated carbocycles. The maximum Gasteiger partial charge on any atom is 0.337 e. The van der Waals surface area contributed by atoms with Crippen LogP contribution in [0.15, 0.2) is 42.5 Å². The summed E-state index contributed by atoms with van der Waals surface area (Å²) >= 11 is 0. The van der Waals surface area contributed by atoms with E-state index in [1.807, 2.05) is 12.1 Å². The summed E-state index contributed by atoms with van der Waals surface area (Å²) in [6.07, 6.45) is 15.7. The van der Waals surface area contributed by atoms with Crippen molar-refractivity contribution in [2.75, 3.05) is 13.7 Å². The third-order valence-electron chi connectivity index (χ3n) is 5.91. The van der Waals surface area contributed by atoms with Gasteiger partial charge in [-0.05, 0) is 42.8 Å². The van der Waals surface area contributed by atoms with Crippen molar-refractivity contribution >= 4 is 18.0 Å². The van der Waals surface area contributed by atoms with Crippen molar-refractivity contribution in [3.8, 4) is 11.5 Å². The SMILES string of the molecule is CCCCCCCCCCCCOc1ccc(COc2cccc(C(=O)OC)c2)nc1/C=C/CC(=O)O. The largest absolute Gasteiger partial charge is 0.491 e. The van der Waals surface area contributed by atoms with Gasteiger partial charge in [0.1, 0.15) is 23.8 Å². The third-order valence-corrected chi connectivity index (χ3v) is 5.91. The molecule has 0 saturated heterocycles. The number of aromatic nitrogens is 1. The highest BCUT2D eigenvalue weighted by atomic mass is 16.5. The smallest absolute Gasteiger partial charge is 0.337 e. The van der Waals surface area contributed by atoms with Gasteiger partial charge < -0.3 is 19.3 Å². The normalized spacial score (nSPS) is 11.0. The van der Waals surface area contributed by atoms with Crippen molar-refractivity contribution in [3.05, 3.63) is 59.4 Å². The fourth-order valence-corrected chi connectivity index (χ4v) is 3.86. The summed E-state index contributed by atoms with van der Waals surface area (Å²) < 4.78 is 16.5. The molecule has 1 heterocycles. The molecule has 0 fully saturated rings. The van der Waals surface area contributed by atoms with Gasteiger partial charge in [-0.15, -0.1) is 0 Å². The van der Waals surface area contributed by atoms with Crippen LogP contribution in [0.4, 0.5) is 0 Å². The molecule has 7 nitrogen and oxygen atoms in total. The molecule has 0 aliphatic carbocycles. The number of nitrogens with zero attached hydrogens (tertiary/aromatic N) is 1. The van der Waals surface area contributed by atoms with Crippen molar-refractivity contribution in [2.45, 2.75) is 84.2 Å². The molecule has 0 aliphatic rings. The molecule has 0 aliphatic heterocycles. The fraction of sp³-hybridized carbons (Fsp3) is 0.500. The van der Waals surface area contributed by atoms with Crippen LogP contribution in [0, 0.1) is 0 Å². The predicted octanol–water partition coefficient (Wildman–Crippen LogP) is 7.23. The number of pyridine rings is 1. The molecule has 0 spiro atoms. The van der Waals surface area contributed by atoms with Crippen LogP contribution in [0.2, 0.25) is 0 Å². The van der Waals surface area contributed by atoms with Crippen LogP contribution in [0.5, 0.6) is 11.5 Å². The molecular weight excluding hydrogens is 470 g/mol. The van der Waals surface area contributed by atoms with Crippen LogP contribution >= 0.6 is 0 Å². The lowest BCUT2D eigenvalue weighted by atomic mass is 10.1. The van der Waals surface area contributed by atoms with Gasteiger partial charge in [0.2, 0.25) is 0 Å². The van der Waals surface area contributed by atoms with E-state index < -0.39 is 11.9 Å². The van der Waals surface area contributed by atoms with Crippen LogP contribution in [0.25, 0.3) is 6.08 Å². The molecule has 2 aromatic rings. The minimum Gasteiger partial charge on any atom is -0.491 e. The molecule has 2 rings (SSSR count). The highest BCUT2D eigenvalue weighted by molar-refractivity contribution is 5.89. The van der Waals surface area contributed by atoms with E-state index in [1.165, 1.54) is 58.5 Å². The van der Waals surface area contributed by atoms with E-state index in [4.69, 9.17) is 19.3 Å². The van der Waals surface area contributed by atoms with E-state index in [1.54, 1.807) is 36.4 Å². The second-order valence-corrected chi connectivity index (χ2v) is 9.02. The van der Waals surface area contributed by atoms with Crippen molar-refractivity contribution in [1.82, 2.24) is 4.98 Å². The number of ether oxygens (including phenoxy) is 3. The Morgan fingerprint density at radius 1 is 0.919 bits per heavy atom. The van der Waals surface area contributed by atoms with Gasteiger partial charge in [-0.1, -0.05) is 76.9 Å². The number of carboxylic acids is 1. The molecule has 0 atom stereocenters. The van der Waals surface area contributed by atoms with Gasteiger partial charge in [0.05, 0.1) is 31.4 Å². The lowest BCUT2D eigenvalue weighted by molar-refractivity contribution is -0.135. The fourth-order valence-electron chi connectivity index (χ4n) is 3.86. The molecule has 1 aromatic carbocycles. The number of hydrogen-bond acceptors (Lipinski definition) is 6. The third kappa shape index (κ3) is 12.4. The number of carbonyl (C=O) groups excluding carboxylic acids is 1. The number of unbranched alkanes of at least 4 members (excludes halogenated alkanes) is 9. The van der Waals surface area contributed by atoms with Gasteiger partial charge in [-0.3, -0.25) is 4.79 Å². The average molecular weight is 512 g/mol. The summed E-state index contributed by atoms with van der Waals surface area (Å²) in [5, 5.41) is 8.97. The first kappa shape index (κ1) is 29.9. The molecule has 0 amide bonds. The van der Waals surface area contributed by atoms with Crippen molar-refractivity contribution in [2.24, 2.45) is 0 Å². The molecule has 0 radical (unpaired) electrons. The minimum absolute atomic E-state index is 0.0966. The zero-order chi connectivity index (χ0) is 26.7. The number of aliphatic carboxylic acids is 1. The van der Waals surface area contributed by atoms with Crippen molar-refractivity contribution in [1.29, 1.82) is 0 Å². The Kier molecular flexibility index (Phi) is 14.5. The molecule has 202 valence electrons. The number of methoxy groups -OCH3 is 1. The molecule has 0 unspecified atom stereocenters. The molecule has 37 heavy (non-hydrogen) atoms. The summed E-state index contributed by atoms with van der Waals surface area (Å²) in [7, 11) is 1.33. The second-order valence-electron chi connectivity index (χ2n) is 9.02. The number of carbonyl (C=O) groups is 2. The molecule has 7 heteroatoms. The zero-order valence-electron chi connectivity index (χ0n) is 22.2. The number of esters is 1. The molecule has 1 aromatic heterocycles. The number of benzene rings is 1. The van der Waals surface area contributed by atoms with E-state index in [0.717, 1.165) is 12.8 Å². The first-order chi connectivity index (χ1) is 18.0. The lowest BCUT2D eigenvalue weighted by Crippen LogP contribution is -2.05. The quantitative estimate of drug-likeness (QED) is 0.157. The summed E-state index contributed by atoms with van der Waals surface area (Å²) in [6, 6.07) is 10.4. The first-order valence-corrected chi connectivity index (χ1v) is 13.4. The van der Waals surface area contributed by atoms with E-state index in [9.17, 15) is 9.59 Å². The van der Waals surface area contributed by atoms with Crippen LogP contribution in [-0.4, -0.2) is 35.7 Å². The Morgan fingerprint density at radius 2 is 1.62 bits per heavy atom. The molecular formula is C30H41NO6. The Labute approximate surface area is 220 Å². The van der Waals surface area contributed by atoms with Gasteiger partial charge in [0.15, 0.2) is 0 Å². The van der Waals surface area contributed by atoms with Gasteiger partial charge in [0.25, 0.3) is 0 Å². The number of carboxylic acid groups (broad SMARTS) is 1. The predicted molar refractivity (Wildman–Crippen MR) is 145 cm³/mol. The highest BCUT2D eigenvalue weighted by Gasteiger charge is 2.09. The van der Waals surface area contributed by atoms with Crippen LogP contribution in [-0.2, 0) is 16.1 Å². The second kappa shape index (κ2) is 18.0. The van der Waals surface area contributed by atoms with E-state index in [-0.39, 0.29) is 13.0 Å². The van der Waals surface area contributed by atoms with E-state index >= 15 is 0 Å². The first-order valence-electron chi connectivity index (χ1n) is 13.4. The van der Waals surface area contributed by atoms with Gasteiger partial charge >= 0.3 is 11.9 Å². The molecule has 0 bridgehead atoms. The van der Waals surface area contributed by atoms with Gasteiger partial charge in [-0.2, -0.15) is 0 Å². The van der Waals surface area contributed by atoms with Gasteiger partial charge in [0, 0.05) is 0 Å².